The Kier molecular flexibility index (Phi) is 6.33. The van der Waals surface area contributed by atoms with Crippen molar-refractivity contribution in [1.29, 1.82) is 0 Å². The third-order valence-electron chi connectivity index (χ3n) is 4.01. The molecule has 1 saturated heterocycles. The first-order chi connectivity index (χ1) is 10.3. The van der Waals surface area contributed by atoms with Crippen LogP contribution in [0.4, 0.5) is 0 Å². The van der Waals surface area contributed by atoms with Crippen molar-refractivity contribution in [3.8, 4) is 11.5 Å². The molecule has 1 aliphatic rings. The molecule has 0 radical (unpaired) electrons. The van der Waals surface area contributed by atoms with Gasteiger partial charge in [0.25, 0.3) is 0 Å². The monoisotopic (exact) mass is 292 g/mol. The van der Waals surface area contributed by atoms with E-state index >= 15 is 0 Å². The van der Waals surface area contributed by atoms with Gasteiger partial charge in [0.15, 0.2) is 11.5 Å². The quantitative estimate of drug-likeness (QED) is 0.838. The molecule has 118 valence electrons. The van der Waals surface area contributed by atoms with Crippen molar-refractivity contribution in [2.45, 2.75) is 38.8 Å². The van der Waals surface area contributed by atoms with E-state index < -0.39 is 0 Å². The van der Waals surface area contributed by atoms with Gasteiger partial charge in [0.05, 0.1) is 13.7 Å². The van der Waals surface area contributed by atoms with Crippen molar-refractivity contribution < 1.29 is 9.47 Å². The molecule has 1 heterocycles. The van der Waals surface area contributed by atoms with Crippen molar-refractivity contribution in [2.24, 2.45) is 0 Å². The first-order valence-electron chi connectivity index (χ1n) is 7.96. The number of ether oxygens (including phenoxy) is 2. The van der Waals surface area contributed by atoms with Crippen molar-refractivity contribution in [3.05, 3.63) is 23.8 Å². The van der Waals surface area contributed by atoms with Crippen molar-refractivity contribution >= 4 is 0 Å². The second-order valence-corrected chi connectivity index (χ2v) is 5.70. The average molecular weight is 292 g/mol. The van der Waals surface area contributed by atoms with Crippen LogP contribution in [0.5, 0.6) is 11.5 Å². The van der Waals surface area contributed by atoms with Crippen LogP contribution in [0, 0.1) is 0 Å². The Morgan fingerprint density at radius 1 is 1.33 bits per heavy atom. The predicted octanol–water partition coefficient (Wildman–Crippen LogP) is 2.67. The lowest BCUT2D eigenvalue weighted by Crippen LogP contribution is -2.43. The molecule has 1 N–H and O–H groups in total. The smallest absolute Gasteiger partial charge is 0.161 e. The molecule has 0 saturated carbocycles. The maximum atomic E-state index is 5.79. The summed E-state index contributed by atoms with van der Waals surface area (Å²) in [6, 6.07) is 6.89. The van der Waals surface area contributed by atoms with Crippen LogP contribution in [-0.4, -0.2) is 44.8 Å². The number of piperidine rings is 1. The summed E-state index contributed by atoms with van der Waals surface area (Å²) in [7, 11) is 3.74. The van der Waals surface area contributed by atoms with Crippen LogP contribution in [0.2, 0.25) is 0 Å². The number of likely N-dealkylation sites (tertiary alicyclic amines) is 1. The Bertz CT molecular complexity index is 437. The zero-order valence-corrected chi connectivity index (χ0v) is 13.5. The summed E-state index contributed by atoms with van der Waals surface area (Å²) >= 11 is 0. The highest BCUT2D eigenvalue weighted by Gasteiger charge is 2.18. The van der Waals surface area contributed by atoms with Crippen LogP contribution in [0.1, 0.15) is 31.7 Å². The lowest BCUT2D eigenvalue weighted by atomic mass is 10.0. The van der Waals surface area contributed by atoms with Crippen molar-refractivity contribution in [2.75, 3.05) is 33.9 Å². The zero-order valence-electron chi connectivity index (χ0n) is 13.5. The fourth-order valence-corrected chi connectivity index (χ4v) is 2.84. The molecule has 0 aromatic heterocycles. The molecule has 1 unspecified atom stereocenters. The van der Waals surface area contributed by atoms with E-state index in [1.807, 2.05) is 6.07 Å². The van der Waals surface area contributed by atoms with Gasteiger partial charge in [0.2, 0.25) is 0 Å². The number of nitrogens with one attached hydrogen (secondary N) is 1. The minimum Gasteiger partial charge on any atom is -0.493 e. The van der Waals surface area contributed by atoms with Gasteiger partial charge in [-0.2, -0.15) is 0 Å². The number of likely N-dealkylation sites (N-methyl/N-ethyl adjacent to an activating group) is 1. The topological polar surface area (TPSA) is 33.7 Å². The van der Waals surface area contributed by atoms with Gasteiger partial charge in [-0.15, -0.1) is 0 Å². The fraction of sp³-hybridized carbons (Fsp3) is 0.647. The molecule has 4 heteroatoms. The second-order valence-electron chi connectivity index (χ2n) is 5.70. The van der Waals surface area contributed by atoms with Crippen molar-refractivity contribution in [1.82, 2.24) is 10.2 Å². The van der Waals surface area contributed by atoms with Crippen LogP contribution in [0.3, 0.4) is 0 Å². The van der Waals surface area contributed by atoms with Crippen LogP contribution < -0.4 is 14.8 Å². The maximum absolute atomic E-state index is 5.79. The molecular formula is C17H28N2O2. The van der Waals surface area contributed by atoms with Crippen LogP contribution in [0.25, 0.3) is 0 Å². The minimum atomic E-state index is 0.618. The van der Waals surface area contributed by atoms with Gasteiger partial charge in [0, 0.05) is 19.1 Å². The summed E-state index contributed by atoms with van der Waals surface area (Å²) in [5.41, 5.74) is 1.29. The average Bonchev–Trinajstić information content (AvgIpc) is 2.53. The molecule has 1 aromatic carbocycles. The van der Waals surface area contributed by atoms with Gasteiger partial charge in [-0.25, -0.2) is 0 Å². The number of rotatable bonds is 7. The highest BCUT2D eigenvalue weighted by atomic mass is 16.5. The standard InChI is InChI=1S/C17H28N2O2/c1-4-10-21-17-11-14(7-8-16(17)20-3)12-19-9-5-6-15(13-19)18-2/h7-8,11,15,18H,4-6,9-10,12-13H2,1-3H3. The summed E-state index contributed by atoms with van der Waals surface area (Å²) in [6.07, 6.45) is 3.55. The summed E-state index contributed by atoms with van der Waals surface area (Å²) in [6.45, 7) is 6.11. The molecule has 1 fully saturated rings. The van der Waals surface area contributed by atoms with E-state index in [0.717, 1.165) is 37.6 Å². The zero-order chi connectivity index (χ0) is 15.1. The van der Waals surface area contributed by atoms with Gasteiger partial charge in [0.1, 0.15) is 0 Å². The molecule has 1 aliphatic heterocycles. The van der Waals surface area contributed by atoms with E-state index in [2.05, 4.69) is 36.3 Å². The first kappa shape index (κ1) is 16.1. The SMILES string of the molecule is CCCOc1cc(CN2CCCC(NC)C2)ccc1OC. The van der Waals surface area contributed by atoms with Gasteiger partial charge < -0.3 is 14.8 Å². The van der Waals surface area contributed by atoms with Gasteiger partial charge >= 0.3 is 0 Å². The Morgan fingerprint density at radius 2 is 2.19 bits per heavy atom. The summed E-state index contributed by atoms with van der Waals surface area (Å²) in [5.74, 6) is 1.68. The molecule has 0 spiro atoms. The summed E-state index contributed by atoms with van der Waals surface area (Å²) in [4.78, 5) is 2.51. The number of hydrogen-bond acceptors (Lipinski definition) is 4. The Balaban J connectivity index is 2.02. The Labute approximate surface area is 128 Å². The highest BCUT2D eigenvalue weighted by molar-refractivity contribution is 5.43. The molecule has 4 nitrogen and oxygen atoms in total. The van der Waals surface area contributed by atoms with Gasteiger partial charge in [-0.3, -0.25) is 4.90 Å². The van der Waals surface area contributed by atoms with Crippen LogP contribution in [0.15, 0.2) is 18.2 Å². The number of hydrogen-bond donors (Lipinski definition) is 1. The molecule has 1 aromatic rings. The Hall–Kier alpha value is -1.26. The van der Waals surface area contributed by atoms with Gasteiger partial charge in [-0.1, -0.05) is 13.0 Å². The second kappa shape index (κ2) is 8.25. The highest BCUT2D eigenvalue weighted by Crippen LogP contribution is 2.29. The largest absolute Gasteiger partial charge is 0.493 e. The van der Waals surface area contributed by atoms with E-state index in [1.165, 1.54) is 24.9 Å². The van der Waals surface area contributed by atoms with Crippen LogP contribution >= 0.6 is 0 Å². The molecule has 1 atom stereocenters. The third kappa shape index (κ3) is 4.61. The minimum absolute atomic E-state index is 0.618. The number of benzene rings is 1. The first-order valence-corrected chi connectivity index (χ1v) is 7.96. The van der Waals surface area contributed by atoms with E-state index in [1.54, 1.807) is 7.11 Å². The van der Waals surface area contributed by atoms with E-state index in [-0.39, 0.29) is 0 Å². The Morgan fingerprint density at radius 3 is 2.90 bits per heavy atom. The van der Waals surface area contributed by atoms with E-state index in [9.17, 15) is 0 Å². The van der Waals surface area contributed by atoms with E-state index in [4.69, 9.17) is 9.47 Å². The van der Waals surface area contributed by atoms with E-state index in [0.29, 0.717) is 6.04 Å². The maximum Gasteiger partial charge on any atom is 0.161 e. The van der Waals surface area contributed by atoms with Gasteiger partial charge in [-0.05, 0) is 50.6 Å². The number of methoxy groups -OCH3 is 1. The predicted molar refractivity (Wildman–Crippen MR) is 86.1 cm³/mol. The molecule has 0 aliphatic carbocycles. The third-order valence-corrected chi connectivity index (χ3v) is 4.01. The number of nitrogens with zero attached hydrogens (tertiary/aromatic N) is 1. The summed E-state index contributed by atoms with van der Waals surface area (Å²) < 4.78 is 11.2. The molecule has 21 heavy (non-hydrogen) atoms. The molecule has 0 bridgehead atoms. The molecular weight excluding hydrogens is 264 g/mol. The molecule has 2 rings (SSSR count). The lowest BCUT2D eigenvalue weighted by Gasteiger charge is -2.32. The molecule has 0 amide bonds. The fourth-order valence-electron chi connectivity index (χ4n) is 2.84. The summed E-state index contributed by atoms with van der Waals surface area (Å²) in [5, 5.41) is 3.39. The normalized spacial score (nSPS) is 19.5. The lowest BCUT2D eigenvalue weighted by molar-refractivity contribution is 0.187. The van der Waals surface area contributed by atoms with Crippen molar-refractivity contribution in [3.63, 3.8) is 0 Å². The van der Waals surface area contributed by atoms with Crippen LogP contribution in [-0.2, 0) is 6.54 Å².